The molecule has 1 aromatic heterocycles. The van der Waals surface area contributed by atoms with Crippen molar-refractivity contribution in [3.8, 4) is 23.1 Å². The van der Waals surface area contributed by atoms with Crippen LogP contribution in [0.15, 0.2) is 24.3 Å². The summed E-state index contributed by atoms with van der Waals surface area (Å²) < 4.78 is 44.1. The van der Waals surface area contributed by atoms with Crippen LogP contribution in [0.3, 0.4) is 0 Å². The van der Waals surface area contributed by atoms with Gasteiger partial charge in [0.1, 0.15) is 5.75 Å². The molecule has 2 heterocycles. The Morgan fingerprint density at radius 1 is 1.33 bits per heavy atom. The third kappa shape index (κ3) is 4.11. The zero-order valence-corrected chi connectivity index (χ0v) is 14.5. The number of alkyl halides is 3. The van der Waals surface area contributed by atoms with Crippen LogP contribution in [-0.4, -0.2) is 41.1 Å². The van der Waals surface area contributed by atoms with Crippen molar-refractivity contribution in [2.75, 3.05) is 24.6 Å². The molecule has 0 saturated carbocycles. The summed E-state index contributed by atoms with van der Waals surface area (Å²) >= 11 is 0. The number of aryl methyl sites for hydroxylation is 1. The Morgan fingerprint density at radius 2 is 2.11 bits per heavy atom. The summed E-state index contributed by atoms with van der Waals surface area (Å²) in [6.45, 7) is 3.05. The van der Waals surface area contributed by atoms with Crippen LogP contribution < -0.4 is 4.90 Å². The van der Waals surface area contributed by atoms with Crippen LogP contribution in [-0.2, 0) is 10.9 Å². The van der Waals surface area contributed by atoms with Crippen molar-refractivity contribution in [3.63, 3.8) is 0 Å². The van der Waals surface area contributed by atoms with E-state index in [1.54, 1.807) is 12.1 Å². The zero-order chi connectivity index (χ0) is 19.6. The van der Waals surface area contributed by atoms with E-state index < -0.39 is 17.5 Å². The molecule has 27 heavy (non-hydrogen) atoms. The van der Waals surface area contributed by atoms with Gasteiger partial charge in [-0.2, -0.15) is 18.4 Å². The first-order chi connectivity index (χ1) is 12.8. The van der Waals surface area contributed by atoms with Crippen molar-refractivity contribution in [1.29, 1.82) is 5.26 Å². The van der Waals surface area contributed by atoms with E-state index in [2.05, 4.69) is 16.3 Å². The van der Waals surface area contributed by atoms with Crippen LogP contribution >= 0.6 is 0 Å². The van der Waals surface area contributed by atoms with Crippen LogP contribution in [0.25, 0.3) is 11.3 Å². The molecule has 142 valence electrons. The molecule has 9 heteroatoms. The van der Waals surface area contributed by atoms with Crippen molar-refractivity contribution >= 4 is 5.82 Å². The second kappa shape index (κ2) is 7.40. The predicted octanol–water partition coefficient (Wildman–Crippen LogP) is 3.30. The predicted molar refractivity (Wildman–Crippen MR) is 91.1 cm³/mol. The van der Waals surface area contributed by atoms with Gasteiger partial charge in [0.25, 0.3) is 0 Å². The number of aromatic nitrogens is 2. The standard InChI is InChI=1S/C18H17F3N4O2/c1-11-8-12(18(19,20)21)9-15(26)17(11)14-2-3-16(24-23-14)25-6-7-27-13(10-25)4-5-22/h2-3,8-9,13,26H,4,6-7,10H2,1H3/t13-/m1/s1. The highest BCUT2D eigenvalue weighted by Gasteiger charge is 2.32. The Morgan fingerprint density at radius 3 is 2.70 bits per heavy atom. The highest BCUT2D eigenvalue weighted by Crippen LogP contribution is 2.38. The molecule has 1 aliphatic heterocycles. The fraction of sp³-hybridized carbons (Fsp3) is 0.389. The van der Waals surface area contributed by atoms with E-state index in [9.17, 15) is 18.3 Å². The molecular weight excluding hydrogens is 361 g/mol. The molecule has 1 aliphatic rings. The summed E-state index contributed by atoms with van der Waals surface area (Å²) in [7, 11) is 0. The van der Waals surface area contributed by atoms with Crippen molar-refractivity contribution in [1.82, 2.24) is 10.2 Å². The first kappa shape index (κ1) is 18.9. The van der Waals surface area contributed by atoms with E-state index in [1.165, 1.54) is 6.92 Å². The number of benzene rings is 1. The molecule has 1 aromatic carbocycles. The molecule has 2 aromatic rings. The Balaban J connectivity index is 1.85. The Hall–Kier alpha value is -2.86. The molecule has 0 bridgehead atoms. The summed E-state index contributed by atoms with van der Waals surface area (Å²) in [5.74, 6) is 0.0823. The van der Waals surface area contributed by atoms with E-state index in [-0.39, 0.29) is 29.3 Å². The normalized spacial score (nSPS) is 17.6. The molecule has 1 fully saturated rings. The quantitative estimate of drug-likeness (QED) is 0.883. The molecule has 0 unspecified atom stereocenters. The third-order valence-electron chi connectivity index (χ3n) is 4.33. The Bertz CT molecular complexity index is 839. The van der Waals surface area contributed by atoms with Gasteiger partial charge in [0.2, 0.25) is 0 Å². The average Bonchev–Trinajstić information content (AvgIpc) is 2.61. The maximum atomic E-state index is 12.9. The molecule has 0 aliphatic carbocycles. The van der Waals surface area contributed by atoms with E-state index in [0.717, 1.165) is 6.07 Å². The number of anilines is 1. The lowest BCUT2D eigenvalue weighted by Crippen LogP contribution is -2.42. The monoisotopic (exact) mass is 378 g/mol. The first-order valence-corrected chi connectivity index (χ1v) is 8.28. The van der Waals surface area contributed by atoms with E-state index in [4.69, 9.17) is 10.00 Å². The molecule has 6 nitrogen and oxygen atoms in total. The number of hydrogen-bond acceptors (Lipinski definition) is 6. The van der Waals surface area contributed by atoms with Crippen LogP contribution in [0.2, 0.25) is 0 Å². The third-order valence-corrected chi connectivity index (χ3v) is 4.33. The molecule has 1 atom stereocenters. The van der Waals surface area contributed by atoms with Gasteiger partial charge in [0, 0.05) is 18.7 Å². The van der Waals surface area contributed by atoms with Gasteiger partial charge < -0.3 is 14.7 Å². The minimum atomic E-state index is -4.54. The first-order valence-electron chi connectivity index (χ1n) is 8.28. The smallest absolute Gasteiger partial charge is 0.416 e. The van der Waals surface area contributed by atoms with Crippen LogP contribution in [0, 0.1) is 18.3 Å². The lowest BCUT2D eigenvalue weighted by atomic mass is 10.0. The van der Waals surface area contributed by atoms with Gasteiger partial charge in [-0.15, -0.1) is 10.2 Å². The number of halogens is 3. The number of nitrogens with zero attached hydrogens (tertiary/aromatic N) is 4. The number of phenolic OH excluding ortho intramolecular Hbond substituents is 1. The number of ether oxygens (including phenoxy) is 1. The minimum absolute atomic E-state index is 0.202. The fourth-order valence-electron chi connectivity index (χ4n) is 3.05. The van der Waals surface area contributed by atoms with E-state index >= 15 is 0 Å². The topological polar surface area (TPSA) is 82.3 Å². The Kier molecular flexibility index (Phi) is 5.19. The number of rotatable bonds is 3. The molecule has 1 N–H and O–H groups in total. The average molecular weight is 378 g/mol. The highest BCUT2D eigenvalue weighted by molar-refractivity contribution is 5.71. The second-order valence-electron chi connectivity index (χ2n) is 6.26. The SMILES string of the molecule is Cc1cc(C(F)(F)F)cc(O)c1-c1ccc(N2CCO[C@H](CC#N)C2)nn1. The lowest BCUT2D eigenvalue weighted by Gasteiger charge is -2.32. The summed E-state index contributed by atoms with van der Waals surface area (Å²) in [6, 6.07) is 7.02. The van der Waals surface area contributed by atoms with Crippen molar-refractivity contribution in [3.05, 3.63) is 35.4 Å². The summed E-state index contributed by atoms with van der Waals surface area (Å²) in [5, 5.41) is 27.1. The summed E-state index contributed by atoms with van der Waals surface area (Å²) in [6.07, 6.45) is -4.46. The molecule has 0 radical (unpaired) electrons. The van der Waals surface area contributed by atoms with Gasteiger partial charge in [-0.3, -0.25) is 0 Å². The van der Waals surface area contributed by atoms with Gasteiger partial charge in [0.15, 0.2) is 5.82 Å². The number of hydrogen-bond donors (Lipinski definition) is 1. The molecule has 1 saturated heterocycles. The van der Waals surface area contributed by atoms with Gasteiger partial charge in [0.05, 0.1) is 36.5 Å². The van der Waals surface area contributed by atoms with Gasteiger partial charge in [-0.1, -0.05) is 0 Å². The summed E-state index contributed by atoms with van der Waals surface area (Å²) in [5.41, 5.74) is -0.164. The van der Waals surface area contributed by atoms with Crippen molar-refractivity contribution in [2.45, 2.75) is 25.6 Å². The number of nitriles is 1. The zero-order valence-electron chi connectivity index (χ0n) is 14.5. The molecule has 0 spiro atoms. The van der Waals surface area contributed by atoms with Gasteiger partial charge in [-0.25, -0.2) is 0 Å². The van der Waals surface area contributed by atoms with Crippen molar-refractivity contribution < 1.29 is 23.0 Å². The maximum Gasteiger partial charge on any atom is 0.416 e. The van der Waals surface area contributed by atoms with Crippen LogP contribution in [0.1, 0.15) is 17.5 Å². The van der Waals surface area contributed by atoms with Crippen LogP contribution in [0.4, 0.5) is 19.0 Å². The minimum Gasteiger partial charge on any atom is -0.507 e. The number of phenols is 1. The molecule has 3 rings (SSSR count). The van der Waals surface area contributed by atoms with Crippen molar-refractivity contribution in [2.24, 2.45) is 0 Å². The van der Waals surface area contributed by atoms with Crippen LogP contribution in [0.5, 0.6) is 5.75 Å². The Labute approximate surface area is 153 Å². The lowest BCUT2D eigenvalue weighted by molar-refractivity contribution is -0.137. The molecule has 0 amide bonds. The highest BCUT2D eigenvalue weighted by atomic mass is 19.4. The number of aromatic hydroxyl groups is 1. The molecular formula is C18H17F3N4O2. The fourth-order valence-corrected chi connectivity index (χ4v) is 3.05. The van der Waals surface area contributed by atoms with E-state index in [0.29, 0.717) is 31.6 Å². The van der Waals surface area contributed by atoms with E-state index in [1.807, 2.05) is 4.90 Å². The maximum absolute atomic E-state index is 12.9. The number of morpholine rings is 1. The van der Waals surface area contributed by atoms with Gasteiger partial charge in [-0.05, 0) is 36.8 Å². The summed E-state index contributed by atoms with van der Waals surface area (Å²) in [4.78, 5) is 1.93. The second-order valence-corrected chi connectivity index (χ2v) is 6.26. The largest absolute Gasteiger partial charge is 0.507 e. The van der Waals surface area contributed by atoms with Gasteiger partial charge >= 0.3 is 6.18 Å².